The molecule has 0 aliphatic rings. The highest BCUT2D eigenvalue weighted by Crippen LogP contribution is 2.34. The Balaban J connectivity index is 1.78. The minimum Gasteiger partial charge on any atom is -0.330 e. The SMILES string of the molecule is NCCCc1ccc(-n2c(-c3cccs3)nc3cnc4cc(F)ccc4c32)cc1. The number of aromatic nitrogens is 3. The van der Waals surface area contributed by atoms with Crippen LogP contribution in [-0.2, 0) is 6.42 Å². The number of nitrogens with two attached hydrogens (primary N) is 1. The summed E-state index contributed by atoms with van der Waals surface area (Å²) in [6.07, 6.45) is 3.65. The Morgan fingerprint density at radius 3 is 2.66 bits per heavy atom. The van der Waals surface area contributed by atoms with Gasteiger partial charge in [-0.2, -0.15) is 0 Å². The van der Waals surface area contributed by atoms with E-state index in [-0.39, 0.29) is 5.82 Å². The van der Waals surface area contributed by atoms with Gasteiger partial charge in [-0.1, -0.05) is 18.2 Å². The zero-order chi connectivity index (χ0) is 19.8. The van der Waals surface area contributed by atoms with Gasteiger partial charge in [-0.3, -0.25) is 9.55 Å². The van der Waals surface area contributed by atoms with E-state index in [1.54, 1.807) is 23.6 Å². The molecule has 0 saturated carbocycles. The van der Waals surface area contributed by atoms with E-state index in [4.69, 9.17) is 10.7 Å². The number of imidazole rings is 1. The van der Waals surface area contributed by atoms with Crippen molar-refractivity contribution in [1.29, 1.82) is 0 Å². The molecule has 0 amide bonds. The molecule has 5 aromatic rings. The van der Waals surface area contributed by atoms with E-state index in [1.165, 1.54) is 17.7 Å². The highest BCUT2D eigenvalue weighted by Gasteiger charge is 2.18. The first-order valence-corrected chi connectivity index (χ1v) is 10.4. The summed E-state index contributed by atoms with van der Waals surface area (Å²) < 4.78 is 15.9. The minimum atomic E-state index is -0.293. The fourth-order valence-electron chi connectivity index (χ4n) is 3.67. The number of aryl methyl sites for hydroxylation is 1. The minimum absolute atomic E-state index is 0.293. The Bertz CT molecular complexity index is 1290. The summed E-state index contributed by atoms with van der Waals surface area (Å²) in [6.45, 7) is 0.686. The zero-order valence-electron chi connectivity index (χ0n) is 15.7. The predicted molar refractivity (Wildman–Crippen MR) is 117 cm³/mol. The summed E-state index contributed by atoms with van der Waals surface area (Å²) in [6, 6.07) is 17.3. The highest BCUT2D eigenvalue weighted by atomic mass is 32.1. The molecular formula is C23H19FN4S. The molecule has 2 aromatic carbocycles. The topological polar surface area (TPSA) is 56.7 Å². The summed E-state index contributed by atoms with van der Waals surface area (Å²) >= 11 is 1.64. The molecule has 4 nitrogen and oxygen atoms in total. The van der Waals surface area contributed by atoms with Crippen molar-refractivity contribution in [2.24, 2.45) is 5.73 Å². The van der Waals surface area contributed by atoms with Crippen LogP contribution in [0, 0.1) is 5.82 Å². The van der Waals surface area contributed by atoms with Crippen LogP contribution in [0.3, 0.4) is 0 Å². The number of hydrogen-bond acceptors (Lipinski definition) is 4. The van der Waals surface area contributed by atoms with Gasteiger partial charge in [0.2, 0.25) is 0 Å². The molecule has 0 radical (unpaired) electrons. The lowest BCUT2D eigenvalue weighted by Gasteiger charge is -2.11. The fraction of sp³-hybridized carbons (Fsp3) is 0.130. The monoisotopic (exact) mass is 402 g/mol. The number of benzene rings is 2. The smallest absolute Gasteiger partial charge is 0.155 e. The van der Waals surface area contributed by atoms with Crippen molar-refractivity contribution in [3.8, 4) is 16.4 Å². The molecule has 0 aliphatic heterocycles. The molecule has 0 bridgehead atoms. The van der Waals surface area contributed by atoms with Crippen LogP contribution in [-0.4, -0.2) is 21.1 Å². The molecule has 0 fully saturated rings. The number of pyridine rings is 1. The van der Waals surface area contributed by atoms with Crippen molar-refractivity contribution < 1.29 is 4.39 Å². The van der Waals surface area contributed by atoms with Crippen LogP contribution in [0.5, 0.6) is 0 Å². The van der Waals surface area contributed by atoms with E-state index >= 15 is 0 Å². The largest absolute Gasteiger partial charge is 0.330 e. The van der Waals surface area contributed by atoms with Crippen LogP contribution >= 0.6 is 11.3 Å². The van der Waals surface area contributed by atoms with Crippen LogP contribution in [0.25, 0.3) is 38.3 Å². The van der Waals surface area contributed by atoms with Gasteiger partial charge in [-0.15, -0.1) is 11.3 Å². The Kier molecular flexibility index (Phi) is 4.58. The van der Waals surface area contributed by atoms with E-state index in [0.717, 1.165) is 45.7 Å². The third kappa shape index (κ3) is 3.20. The number of fused-ring (bicyclic) bond motifs is 3. The van der Waals surface area contributed by atoms with Gasteiger partial charge in [0.15, 0.2) is 5.82 Å². The van der Waals surface area contributed by atoms with E-state index in [1.807, 2.05) is 11.4 Å². The summed E-state index contributed by atoms with van der Waals surface area (Å²) in [5, 5.41) is 2.92. The van der Waals surface area contributed by atoms with Crippen LogP contribution in [0.4, 0.5) is 4.39 Å². The van der Waals surface area contributed by atoms with E-state index in [2.05, 4.69) is 39.9 Å². The van der Waals surface area contributed by atoms with Gasteiger partial charge in [-0.25, -0.2) is 9.37 Å². The number of rotatable bonds is 5. The maximum atomic E-state index is 13.8. The van der Waals surface area contributed by atoms with Crippen molar-refractivity contribution in [1.82, 2.24) is 14.5 Å². The second kappa shape index (κ2) is 7.39. The lowest BCUT2D eigenvalue weighted by atomic mass is 10.1. The first kappa shape index (κ1) is 18.0. The van der Waals surface area contributed by atoms with Gasteiger partial charge in [-0.05, 0) is 60.7 Å². The number of halogens is 1. The molecule has 3 aromatic heterocycles. The van der Waals surface area contributed by atoms with Crippen molar-refractivity contribution >= 4 is 33.3 Å². The van der Waals surface area contributed by atoms with Gasteiger partial charge in [0.25, 0.3) is 0 Å². The first-order valence-electron chi connectivity index (χ1n) is 9.54. The average molecular weight is 402 g/mol. The van der Waals surface area contributed by atoms with Gasteiger partial charge < -0.3 is 5.73 Å². The Hall–Kier alpha value is -3.09. The second-order valence-electron chi connectivity index (χ2n) is 6.96. The van der Waals surface area contributed by atoms with E-state index < -0.39 is 0 Å². The zero-order valence-corrected chi connectivity index (χ0v) is 16.5. The van der Waals surface area contributed by atoms with Gasteiger partial charge >= 0.3 is 0 Å². The Morgan fingerprint density at radius 1 is 1.03 bits per heavy atom. The number of nitrogens with zero attached hydrogens (tertiary/aromatic N) is 3. The molecule has 0 aliphatic carbocycles. The van der Waals surface area contributed by atoms with Gasteiger partial charge in [0, 0.05) is 17.1 Å². The van der Waals surface area contributed by atoms with Crippen LogP contribution in [0.15, 0.2) is 66.2 Å². The third-order valence-electron chi connectivity index (χ3n) is 5.05. The lowest BCUT2D eigenvalue weighted by Crippen LogP contribution is -2.01. The first-order chi connectivity index (χ1) is 14.2. The van der Waals surface area contributed by atoms with Crippen LogP contribution < -0.4 is 5.73 Å². The molecule has 144 valence electrons. The molecule has 0 saturated heterocycles. The molecule has 2 N–H and O–H groups in total. The molecule has 0 spiro atoms. The summed E-state index contributed by atoms with van der Waals surface area (Å²) in [4.78, 5) is 10.4. The molecular weight excluding hydrogens is 383 g/mol. The molecule has 0 atom stereocenters. The van der Waals surface area contributed by atoms with Crippen LogP contribution in [0.1, 0.15) is 12.0 Å². The Labute approximate surface area is 171 Å². The van der Waals surface area contributed by atoms with Crippen molar-refractivity contribution in [3.63, 3.8) is 0 Å². The normalized spacial score (nSPS) is 11.5. The van der Waals surface area contributed by atoms with Gasteiger partial charge in [0.1, 0.15) is 11.3 Å². The maximum absolute atomic E-state index is 13.8. The molecule has 3 heterocycles. The summed E-state index contributed by atoms with van der Waals surface area (Å²) in [5.74, 6) is 0.571. The predicted octanol–water partition coefficient (Wildman–Crippen LogP) is 5.33. The van der Waals surface area contributed by atoms with E-state index in [0.29, 0.717) is 12.1 Å². The maximum Gasteiger partial charge on any atom is 0.155 e. The standard InChI is InChI=1S/C23H19FN4S/c24-16-7-10-18-19(13-16)26-14-20-22(18)28(23(27-20)21-4-2-12-29-21)17-8-5-15(6-9-17)3-1-11-25/h2,4-10,12-14H,1,3,11,25H2. The number of hydrogen-bond donors (Lipinski definition) is 1. The van der Waals surface area contributed by atoms with Crippen molar-refractivity contribution in [3.05, 3.63) is 77.6 Å². The second-order valence-corrected chi connectivity index (χ2v) is 7.91. The molecule has 5 rings (SSSR count). The molecule has 0 unspecified atom stereocenters. The van der Waals surface area contributed by atoms with Crippen LogP contribution in [0.2, 0.25) is 0 Å². The highest BCUT2D eigenvalue weighted by molar-refractivity contribution is 7.13. The third-order valence-corrected chi connectivity index (χ3v) is 5.92. The van der Waals surface area contributed by atoms with Crippen molar-refractivity contribution in [2.75, 3.05) is 6.54 Å². The molecule has 29 heavy (non-hydrogen) atoms. The molecule has 6 heteroatoms. The van der Waals surface area contributed by atoms with Crippen molar-refractivity contribution in [2.45, 2.75) is 12.8 Å². The lowest BCUT2D eigenvalue weighted by molar-refractivity contribution is 0.629. The fourth-order valence-corrected chi connectivity index (χ4v) is 4.37. The number of thiophene rings is 1. The van der Waals surface area contributed by atoms with Gasteiger partial charge in [0.05, 0.1) is 22.1 Å². The van der Waals surface area contributed by atoms with E-state index in [9.17, 15) is 4.39 Å². The quantitative estimate of drug-likeness (QED) is 0.432. The summed E-state index contributed by atoms with van der Waals surface area (Å²) in [5.41, 5.74) is 10.3. The average Bonchev–Trinajstić information content (AvgIpc) is 3.40. The summed E-state index contributed by atoms with van der Waals surface area (Å²) in [7, 11) is 0. The Morgan fingerprint density at radius 2 is 1.90 bits per heavy atom.